The molecule has 2 amide bonds. The molecule has 0 aliphatic rings. The van der Waals surface area contributed by atoms with Crippen molar-refractivity contribution < 1.29 is 14.3 Å². The van der Waals surface area contributed by atoms with E-state index in [4.69, 9.17) is 16.3 Å². The monoisotopic (exact) mass is 463 g/mol. The van der Waals surface area contributed by atoms with Gasteiger partial charge >= 0.3 is 0 Å². The van der Waals surface area contributed by atoms with E-state index in [1.54, 1.807) is 24.3 Å². The van der Waals surface area contributed by atoms with Gasteiger partial charge in [0.15, 0.2) is 0 Å². The normalized spacial score (nSPS) is 11.9. The quantitative estimate of drug-likeness (QED) is 0.352. The highest BCUT2D eigenvalue weighted by atomic mass is 35.5. The topological polar surface area (TPSA) is 79.8 Å². The number of nitrogens with one attached hydrogen (secondary N) is 2. The van der Waals surface area contributed by atoms with Gasteiger partial charge in [-0.3, -0.25) is 9.59 Å². The maximum atomic E-state index is 12.7. The van der Waals surface area contributed by atoms with Gasteiger partial charge in [-0.05, 0) is 36.2 Å². The number of rotatable bonds is 9. The van der Waals surface area contributed by atoms with E-state index in [2.05, 4.69) is 15.8 Å². The first-order valence-electron chi connectivity index (χ1n) is 10.6. The fraction of sp³-hybridized carbons (Fsp3) is 0.192. The Morgan fingerprint density at radius 1 is 0.970 bits per heavy atom. The molecule has 3 aromatic rings. The number of halogens is 1. The number of benzene rings is 3. The number of nitrogens with zero attached hydrogens (tertiary/aromatic N) is 1. The first-order valence-corrected chi connectivity index (χ1v) is 11.0. The fourth-order valence-corrected chi connectivity index (χ4v) is 3.26. The van der Waals surface area contributed by atoms with Gasteiger partial charge in [-0.2, -0.15) is 5.10 Å². The van der Waals surface area contributed by atoms with E-state index < -0.39 is 11.9 Å². The predicted octanol–water partition coefficient (Wildman–Crippen LogP) is 4.82. The van der Waals surface area contributed by atoms with Crippen LogP contribution in [0.2, 0.25) is 5.02 Å². The van der Waals surface area contributed by atoms with Crippen LogP contribution in [-0.4, -0.2) is 24.1 Å². The van der Waals surface area contributed by atoms with Gasteiger partial charge in [-0.1, -0.05) is 74.0 Å². The average molecular weight is 464 g/mol. The zero-order valence-electron chi connectivity index (χ0n) is 18.5. The van der Waals surface area contributed by atoms with E-state index >= 15 is 0 Å². The van der Waals surface area contributed by atoms with E-state index in [9.17, 15) is 9.59 Å². The lowest BCUT2D eigenvalue weighted by Gasteiger charge is -2.20. The molecule has 33 heavy (non-hydrogen) atoms. The van der Waals surface area contributed by atoms with Crippen LogP contribution < -0.4 is 15.5 Å². The van der Waals surface area contributed by atoms with Crippen molar-refractivity contribution >= 4 is 29.6 Å². The molecule has 0 fully saturated rings. The summed E-state index contributed by atoms with van der Waals surface area (Å²) in [5, 5.41) is 7.48. The Labute approximate surface area is 198 Å². The second-order valence-corrected chi connectivity index (χ2v) is 8.12. The van der Waals surface area contributed by atoms with Gasteiger partial charge in [0.25, 0.3) is 11.8 Å². The van der Waals surface area contributed by atoms with Crippen molar-refractivity contribution in [2.75, 3.05) is 0 Å². The Hall–Kier alpha value is -3.64. The highest BCUT2D eigenvalue weighted by Crippen LogP contribution is 2.21. The molecule has 0 heterocycles. The minimum atomic E-state index is -0.735. The Morgan fingerprint density at radius 2 is 1.64 bits per heavy atom. The average Bonchev–Trinajstić information content (AvgIpc) is 2.83. The highest BCUT2D eigenvalue weighted by molar-refractivity contribution is 6.31. The lowest BCUT2D eigenvalue weighted by atomic mass is 10.0. The fourth-order valence-electron chi connectivity index (χ4n) is 3.07. The standard InChI is InChI=1S/C26H26ClN3O3/c1-18(2)24(29-25(31)19-10-4-3-5-11-19)26(32)30-28-16-20-12-7-9-15-23(20)33-17-21-13-6-8-14-22(21)27/h3-16,18,24H,17H2,1-2H3,(H,29,31)(H,30,32). The molecule has 7 heteroatoms. The summed E-state index contributed by atoms with van der Waals surface area (Å²) in [6, 6.07) is 22.8. The first-order chi connectivity index (χ1) is 16.0. The van der Waals surface area contributed by atoms with E-state index in [0.717, 1.165) is 5.56 Å². The van der Waals surface area contributed by atoms with Gasteiger partial charge in [0.1, 0.15) is 18.4 Å². The summed E-state index contributed by atoms with van der Waals surface area (Å²) >= 11 is 6.20. The minimum absolute atomic E-state index is 0.126. The molecule has 3 aromatic carbocycles. The maximum Gasteiger partial charge on any atom is 0.262 e. The Balaban J connectivity index is 1.63. The molecule has 0 radical (unpaired) electrons. The number of para-hydroxylation sites is 1. The van der Waals surface area contributed by atoms with E-state index in [1.165, 1.54) is 6.21 Å². The Morgan fingerprint density at radius 3 is 2.36 bits per heavy atom. The molecule has 6 nitrogen and oxygen atoms in total. The van der Waals surface area contributed by atoms with Gasteiger partial charge < -0.3 is 10.1 Å². The Bertz CT molecular complexity index is 1120. The largest absolute Gasteiger partial charge is 0.488 e. The second kappa shape index (κ2) is 11.8. The summed E-state index contributed by atoms with van der Waals surface area (Å²) < 4.78 is 5.90. The molecule has 0 aromatic heterocycles. The molecule has 0 spiro atoms. The van der Waals surface area contributed by atoms with E-state index in [-0.39, 0.29) is 11.8 Å². The number of hydrazone groups is 1. The zero-order chi connectivity index (χ0) is 23.6. The molecule has 3 rings (SSSR count). The smallest absolute Gasteiger partial charge is 0.262 e. The van der Waals surface area contributed by atoms with Crippen LogP contribution in [0.4, 0.5) is 0 Å². The predicted molar refractivity (Wildman–Crippen MR) is 130 cm³/mol. The molecule has 2 N–H and O–H groups in total. The number of ether oxygens (including phenoxy) is 1. The number of amides is 2. The van der Waals surface area contributed by atoms with Crippen molar-refractivity contribution in [3.63, 3.8) is 0 Å². The van der Waals surface area contributed by atoms with Crippen LogP contribution >= 0.6 is 11.6 Å². The molecule has 0 saturated heterocycles. The van der Waals surface area contributed by atoms with Gasteiger partial charge in [-0.15, -0.1) is 0 Å². The van der Waals surface area contributed by atoms with E-state index in [0.29, 0.717) is 28.5 Å². The van der Waals surface area contributed by atoms with Crippen LogP contribution in [0.5, 0.6) is 5.75 Å². The summed E-state index contributed by atoms with van der Waals surface area (Å²) in [6.07, 6.45) is 1.51. The lowest BCUT2D eigenvalue weighted by molar-refractivity contribution is -0.123. The SMILES string of the molecule is CC(C)C(NC(=O)c1ccccc1)C(=O)NN=Cc1ccccc1OCc1ccccc1Cl. The second-order valence-electron chi connectivity index (χ2n) is 7.71. The molecule has 0 saturated carbocycles. The summed E-state index contributed by atoms with van der Waals surface area (Å²) in [5.41, 5.74) is 4.57. The van der Waals surface area contributed by atoms with Crippen LogP contribution in [0.25, 0.3) is 0 Å². The van der Waals surface area contributed by atoms with Crippen molar-refractivity contribution in [1.29, 1.82) is 0 Å². The highest BCUT2D eigenvalue weighted by Gasteiger charge is 2.24. The Kier molecular flexibility index (Phi) is 8.61. The van der Waals surface area contributed by atoms with Crippen molar-refractivity contribution in [2.45, 2.75) is 26.5 Å². The number of hydrogen-bond acceptors (Lipinski definition) is 4. The van der Waals surface area contributed by atoms with Gasteiger partial charge in [-0.25, -0.2) is 5.43 Å². The molecule has 1 unspecified atom stereocenters. The van der Waals surface area contributed by atoms with Crippen LogP contribution in [0, 0.1) is 5.92 Å². The van der Waals surface area contributed by atoms with Crippen LogP contribution in [0.3, 0.4) is 0 Å². The third-order valence-corrected chi connectivity index (χ3v) is 5.28. The third-order valence-electron chi connectivity index (χ3n) is 4.91. The maximum absolute atomic E-state index is 12.7. The van der Waals surface area contributed by atoms with Gasteiger partial charge in [0.05, 0.1) is 6.21 Å². The number of carbonyl (C=O) groups is 2. The van der Waals surface area contributed by atoms with Gasteiger partial charge in [0, 0.05) is 21.7 Å². The molecule has 170 valence electrons. The van der Waals surface area contributed by atoms with Crippen molar-refractivity contribution in [3.8, 4) is 5.75 Å². The molecule has 1 atom stereocenters. The summed E-state index contributed by atoms with van der Waals surface area (Å²) in [5.74, 6) is -0.237. The van der Waals surface area contributed by atoms with Crippen LogP contribution in [-0.2, 0) is 11.4 Å². The molecule has 0 aliphatic carbocycles. The van der Waals surface area contributed by atoms with Crippen molar-refractivity contribution in [1.82, 2.24) is 10.7 Å². The summed E-state index contributed by atoms with van der Waals surface area (Å²) in [6.45, 7) is 4.02. The van der Waals surface area contributed by atoms with Gasteiger partial charge in [0.2, 0.25) is 0 Å². The third kappa shape index (κ3) is 6.92. The minimum Gasteiger partial charge on any atom is -0.488 e. The van der Waals surface area contributed by atoms with Crippen molar-refractivity contribution in [3.05, 3.63) is 101 Å². The summed E-state index contributed by atoms with van der Waals surface area (Å²) in [7, 11) is 0. The first kappa shape index (κ1) is 24.0. The van der Waals surface area contributed by atoms with Crippen LogP contribution in [0.15, 0.2) is 84.0 Å². The molecule has 0 bridgehead atoms. The molecular weight excluding hydrogens is 438 g/mol. The molecule has 0 aliphatic heterocycles. The number of hydrogen-bond donors (Lipinski definition) is 2. The summed E-state index contributed by atoms with van der Waals surface area (Å²) in [4.78, 5) is 25.2. The van der Waals surface area contributed by atoms with Crippen molar-refractivity contribution in [2.24, 2.45) is 11.0 Å². The lowest BCUT2D eigenvalue weighted by Crippen LogP contribution is -2.48. The van der Waals surface area contributed by atoms with E-state index in [1.807, 2.05) is 68.4 Å². The van der Waals surface area contributed by atoms with Crippen LogP contribution in [0.1, 0.15) is 35.3 Å². The zero-order valence-corrected chi connectivity index (χ0v) is 19.3. The number of carbonyl (C=O) groups excluding carboxylic acids is 2. The molecular formula is C26H26ClN3O3.